The van der Waals surface area contributed by atoms with Crippen molar-refractivity contribution in [1.29, 1.82) is 0 Å². The van der Waals surface area contributed by atoms with Gasteiger partial charge in [-0.3, -0.25) is 4.79 Å². The van der Waals surface area contributed by atoms with Gasteiger partial charge >= 0.3 is 0 Å². The van der Waals surface area contributed by atoms with Crippen molar-refractivity contribution < 1.29 is 23.0 Å². The number of likely N-dealkylation sites (N-methyl/N-ethyl adjacent to an activating group) is 1. The number of carbonyl (C=O) groups is 1. The maximum atomic E-state index is 13.0. The highest BCUT2D eigenvalue weighted by Gasteiger charge is 2.20. The van der Waals surface area contributed by atoms with E-state index in [1.807, 2.05) is 12.1 Å². The third-order valence-corrected chi connectivity index (χ3v) is 5.13. The second-order valence-corrected chi connectivity index (χ2v) is 7.21. The Morgan fingerprint density at radius 3 is 2.62 bits per heavy atom. The van der Waals surface area contributed by atoms with Gasteiger partial charge in [0.1, 0.15) is 6.54 Å². The molecule has 0 N–H and O–H groups in total. The van der Waals surface area contributed by atoms with Crippen LogP contribution in [-0.4, -0.2) is 47.4 Å². The van der Waals surface area contributed by atoms with Crippen molar-refractivity contribution in [1.82, 2.24) is 14.5 Å². The van der Waals surface area contributed by atoms with Crippen LogP contribution in [0.5, 0.6) is 11.5 Å². The molecule has 3 rings (SSSR count). The van der Waals surface area contributed by atoms with Crippen molar-refractivity contribution in [2.75, 3.05) is 21.3 Å². The number of thioether (sulfide) groups is 1. The summed E-state index contributed by atoms with van der Waals surface area (Å²) in [6.07, 6.45) is 0. The molecule has 0 radical (unpaired) electrons. The van der Waals surface area contributed by atoms with Crippen LogP contribution in [0.15, 0.2) is 47.6 Å². The molecular weight excluding hydrogens is 400 g/mol. The molecule has 0 atom stereocenters. The van der Waals surface area contributed by atoms with Gasteiger partial charge in [-0.2, -0.15) is 8.78 Å². The van der Waals surface area contributed by atoms with Crippen LogP contribution >= 0.6 is 11.8 Å². The van der Waals surface area contributed by atoms with Gasteiger partial charge in [-0.1, -0.05) is 24.3 Å². The number of hydrogen-bond acceptors (Lipinski definition) is 5. The smallest absolute Gasteiger partial charge is 0.291 e. The lowest BCUT2D eigenvalue weighted by Gasteiger charge is -2.20. The molecule has 29 heavy (non-hydrogen) atoms. The Hall–Kier alpha value is -2.81. The summed E-state index contributed by atoms with van der Waals surface area (Å²) in [6, 6.07) is 12.5. The molecule has 0 aliphatic rings. The maximum Gasteiger partial charge on any atom is 0.291 e. The minimum Gasteiger partial charge on any atom is -0.493 e. The van der Waals surface area contributed by atoms with Crippen molar-refractivity contribution in [2.24, 2.45) is 0 Å². The Balaban J connectivity index is 1.83. The summed E-state index contributed by atoms with van der Waals surface area (Å²) in [7, 11) is 4.73. The number of rotatable bonds is 8. The second kappa shape index (κ2) is 9.13. The molecule has 0 spiro atoms. The summed E-state index contributed by atoms with van der Waals surface area (Å²) in [6.45, 7) is 0.182. The number of hydrogen-bond donors (Lipinski definition) is 0. The van der Waals surface area contributed by atoms with E-state index in [-0.39, 0.29) is 24.2 Å². The van der Waals surface area contributed by atoms with Crippen LogP contribution < -0.4 is 9.47 Å². The van der Waals surface area contributed by atoms with Gasteiger partial charge in [-0.05, 0) is 30.0 Å². The van der Waals surface area contributed by atoms with E-state index in [4.69, 9.17) is 9.47 Å². The summed E-state index contributed by atoms with van der Waals surface area (Å²) in [5, 5.41) is 0.113. The van der Waals surface area contributed by atoms with Crippen LogP contribution in [0.3, 0.4) is 0 Å². The number of para-hydroxylation sites is 3. The quantitative estimate of drug-likeness (QED) is 0.514. The van der Waals surface area contributed by atoms with E-state index in [1.165, 1.54) is 16.6 Å². The monoisotopic (exact) mass is 421 g/mol. The van der Waals surface area contributed by atoms with Crippen LogP contribution in [0.25, 0.3) is 11.0 Å². The number of ether oxygens (including phenoxy) is 2. The topological polar surface area (TPSA) is 56.6 Å². The van der Waals surface area contributed by atoms with Gasteiger partial charge in [-0.15, -0.1) is 0 Å². The van der Waals surface area contributed by atoms with Crippen LogP contribution in [-0.2, 0) is 17.9 Å². The van der Waals surface area contributed by atoms with Crippen molar-refractivity contribution in [3.05, 3.63) is 48.0 Å². The molecule has 2 aromatic carbocycles. The molecule has 0 fully saturated rings. The third kappa shape index (κ3) is 4.61. The standard InChI is InChI=1S/C20H21F2N3O3S/c1-24(11-13-7-6-10-16(27-2)18(13)28-3)17(26)12-25-15-9-5-4-8-14(15)23-20(25)29-19(21)22/h4-10,19H,11-12H2,1-3H3. The lowest BCUT2D eigenvalue weighted by Crippen LogP contribution is -2.30. The zero-order chi connectivity index (χ0) is 21.0. The highest BCUT2D eigenvalue weighted by molar-refractivity contribution is 7.99. The second-order valence-electron chi connectivity index (χ2n) is 6.25. The molecule has 6 nitrogen and oxygen atoms in total. The molecule has 154 valence electrons. The zero-order valence-electron chi connectivity index (χ0n) is 16.3. The Morgan fingerprint density at radius 1 is 1.17 bits per heavy atom. The summed E-state index contributed by atoms with van der Waals surface area (Å²) >= 11 is 0.331. The molecule has 0 aliphatic heterocycles. The highest BCUT2D eigenvalue weighted by atomic mass is 32.2. The van der Waals surface area contributed by atoms with Gasteiger partial charge in [0.25, 0.3) is 5.76 Å². The normalized spacial score (nSPS) is 11.1. The van der Waals surface area contributed by atoms with E-state index < -0.39 is 5.76 Å². The molecule has 1 heterocycles. The summed E-state index contributed by atoms with van der Waals surface area (Å²) in [4.78, 5) is 18.6. The van der Waals surface area contributed by atoms with Gasteiger partial charge < -0.3 is 18.9 Å². The Kier molecular flexibility index (Phi) is 6.58. The number of nitrogens with zero attached hydrogens (tertiary/aromatic N) is 3. The minimum absolute atomic E-state index is 0.0989. The first-order chi connectivity index (χ1) is 13.9. The number of aromatic nitrogens is 2. The van der Waals surface area contributed by atoms with Crippen molar-refractivity contribution in [2.45, 2.75) is 24.0 Å². The average molecular weight is 421 g/mol. The molecule has 1 amide bonds. The number of carbonyl (C=O) groups excluding carboxylic acids is 1. The Bertz CT molecular complexity index is 1010. The highest BCUT2D eigenvalue weighted by Crippen LogP contribution is 2.32. The number of amides is 1. The summed E-state index contributed by atoms with van der Waals surface area (Å²) < 4.78 is 38.1. The summed E-state index contributed by atoms with van der Waals surface area (Å²) in [5.41, 5.74) is 1.98. The minimum atomic E-state index is -2.63. The molecule has 1 aromatic heterocycles. The predicted octanol–water partition coefficient (Wildman–Crippen LogP) is 4.03. The first-order valence-electron chi connectivity index (χ1n) is 8.78. The van der Waals surface area contributed by atoms with Crippen LogP contribution in [0.2, 0.25) is 0 Å². The molecular formula is C20H21F2N3O3S. The lowest BCUT2D eigenvalue weighted by molar-refractivity contribution is -0.131. The van der Waals surface area contributed by atoms with Gasteiger partial charge in [0.2, 0.25) is 5.91 Å². The van der Waals surface area contributed by atoms with Crippen LogP contribution in [0, 0.1) is 0 Å². The SMILES string of the molecule is COc1cccc(CN(C)C(=O)Cn2c(SC(F)F)nc3ccccc32)c1OC. The fourth-order valence-electron chi connectivity index (χ4n) is 3.05. The lowest BCUT2D eigenvalue weighted by atomic mass is 10.1. The van der Waals surface area contributed by atoms with E-state index in [2.05, 4.69) is 4.98 Å². The number of methoxy groups -OCH3 is 2. The van der Waals surface area contributed by atoms with E-state index in [9.17, 15) is 13.6 Å². The molecule has 0 saturated carbocycles. The van der Waals surface area contributed by atoms with Gasteiger partial charge in [0.15, 0.2) is 16.7 Å². The largest absolute Gasteiger partial charge is 0.493 e. The first-order valence-corrected chi connectivity index (χ1v) is 9.66. The Labute approximate surface area is 171 Å². The number of alkyl halides is 2. The number of benzene rings is 2. The molecule has 3 aromatic rings. The van der Waals surface area contributed by atoms with Gasteiger partial charge in [-0.25, -0.2) is 4.98 Å². The first kappa shape index (κ1) is 20.9. The maximum absolute atomic E-state index is 13.0. The van der Waals surface area contributed by atoms with E-state index >= 15 is 0 Å². The number of halogens is 2. The van der Waals surface area contributed by atoms with Crippen molar-refractivity contribution >= 4 is 28.7 Å². The van der Waals surface area contributed by atoms with Crippen molar-refractivity contribution in [3.63, 3.8) is 0 Å². The molecule has 0 saturated heterocycles. The molecule has 9 heteroatoms. The fraction of sp³-hybridized carbons (Fsp3) is 0.300. The van der Waals surface area contributed by atoms with Crippen LogP contribution in [0.4, 0.5) is 8.78 Å². The van der Waals surface area contributed by atoms with Crippen LogP contribution in [0.1, 0.15) is 5.56 Å². The van der Waals surface area contributed by atoms with Gasteiger partial charge in [0, 0.05) is 19.2 Å². The molecule has 0 unspecified atom stereocenters. The number of imidazole rings is 1. The third-order valence-electron chi connectivity index (χ3n) is 4.43. The molecule has 0 bridgehead atoms. The zero-order valence-corrected chi connectivity index (χ0v) is 17.1. The number of fused-ring (bicyclic) bond motifs is 1. The van der Waals surface area contributed by atoms with E-state index in [1.54, 1.807) is 44.5 Å². The van der Waals surface area contributed by atoms with E-state index in [0.29, 0.717) is 34.3 Å². The van der Waals surface area contributed by atoms with E-state index in [0.717, 1.165) is 5.56 Å². The fourth-order valence-corrected chi connectivity index (χ4v) is 3.65. The summed E-state index contributed by atoms with van der Waals surface area (Å²) in [5.74, 6) is -1.74. The van der Waals surface area contributed by atoms with Gasteiger partial charge in [0.05, 0.1) is 25.3 Å². The Morgan fingerprint density at radius 2 is 1.93 bits per heavy atom. The van der Waals surface area contributed by atoms with Crippen molar-refractivity contribution in [3.8, 4) is 11.5 Å². The average Bonchev–Trinajstić information content (AvgIpc) is 3.04. The predicted molar refractivity (Wildman–Crippen MR) is 108 cm³/mol. The molecule has 0 aliphatic carbocycles.